The van der Waals surface area contributed by atoms with Crippen molar-refractivity contribution in [2.45, 2.75) is 32.8 Å². The average Bonchev–Trinajstić information content (AvgIpc) is 2.84. The lowest BCUT2D eigenvalue weighted by Crippen LogP contribution is -2.43. The number of phenols is 1. The molecule has 0 spiro atoms. The van der Waals surface area contributed by atoms with Crippen LogP contribution in [-0.2, 0) is 9.53 Å². The van der Waals surface area contributed by atoms with Gasteiger partial charge in [-0.05, 0) is 39.3 Å². The smallest absolute Gasteiger partial charge is 0.408 e. The van der Waals surface area contributed by atoms with E-state index in [9.17, 15) is 19.5 Å². The van der Waals surface area contributed by atoms with E-state index in [2.05, 4.69) is 5.32 Å². The van der Waals surface area contributed by atoms with E-state index in [1.807, 2.05) is 0 Å². The van der Waals surface area contributed by atoms with Crippen LogP contribution < -0.4 is 5.32 Å². The van der Waals surface area contributed by atoms with Crippen LogP contribution in [0.5, 0.6) is 5.75 Å². The summed E-state index contributed by atoms with van der Waals surface area (Å²) in [4.78, 5) is 39.8. The Kier molecular flexibility index (Phi) is 6.65. The van der Waals surface area contributed by atoms with Crippen molar-refractivity contribution in [3.05, 3.63) is 29.8 Å². The van der Waals surface area contributed by atoms with Crippen molar-refractivity contribution < 1.29 is 24.2 Å². The Hall–Kier alpha value is -2.77. The second-order valence-electron chi connectivity index (χ2n) is 7.40. The summed E-state index contributed by atoms with van der Waals surface area (Å²) in [5, 5.41) is 12.3. The minimum Gasteiger partial charge on any atom is -0.507 e. The van der Waals surface area contributed by atoms with Gasteiger partial charge < -0.3 is 25.0 Å². The third-order valence-corrected chi connectivity index (χ3v) is 4.05. The van der Waals surface area contributed by atoms with Crippen LogP contribution in [0.15, 0.2) is 24.3 Å². The number of nitrogens with one attached hydrogen (secondary N) is 1. The lowest BCUT2D eigenvalue weighted by atomic mass is 10.1. The fourth-order valence-electron chi connectivity index (χ4n) is 2.77. The van der Waals surface area contributed by atoms with Gasteiger partial charge >= 0.3 is 6.09 Å². The highest BCUT2D eigenvalue weighted by Crippen LogP contribution is 2.18. The Morgan fingerprint density at radius 1 is 1.07 bits per heavy atom. The topological polar surface area (TPSA) is 99.2 Å². The molecule has 1 fully saturated rings. The molecule has 1 aromatic carbocycles. The maximum atomic E-state index is 12.6. The highest BCUT2D eigenvalue weighted by atomic mass is 16.6. The molecule has 0 unspecified atom stereocenters. The van der Waals surface area contributed by atoms with Crippen molar-refractivity contribution in [1.29, 1.82) is 0 Å². The van der Waals surface area contributed by atoms with E-state index in [0.29, 0.717) is 32.6 Å². The van der Waals surface area contributed by atoms with Gasteiger partial charge in [0, 0.05) is 26.2 Å². The molecule has 3 amide bonds. The third kappa shape index (κ3) is 6.16. The lowest BCUT2D eigenvalue weighted by Gasteiger charge is -2.23. The fraction of sp³-hybridized carbons (Fsp3) is 0.526. The van der Waals surface area contributed by atoms with Crippen LogP contribution in [0.3, 0.4) is 0 Å². The number of ether oxygens (including phenoxy) is 1. The first-order valence-corrected chi connectivity index (χ1v) is 8.99. The predicted octanol–water partition coefficient (Wildman–Crippen LogP) is 1.59. The largest absolute Gasteiger partial charge is 0.507 e. The first kappa shape index (κ1) is 20.5. The molecule has 27 heavy (non-hydrogen) atoms. The normalized spacial score (nSPS) is 15.1. The van der Waals surface area contributed by atoms with Gasteiger partial charge in [0.2, 0.25) is 5.91 Å². The number of nitrogens with zero attached hydrogens (tertiary/aromatic N) is 2. The van der Waals surface area contributed by atoms with Gasteiger partial charge in [-0.2, -0.15) is 0 Å². The predicted molar refractivity (Wildman–Crippen MR) is 99.4 cm³/mol. The first-order chi connectivity index (χ1) is 12.7. The van der Waals surface area contributed by atoms with Crippen LogP contribution in [-0.4, -0.2) is 71.1 Å². The van der Waals surface area contributed by atoms with Gasteiger partial charge in [-0.3, -0.25) is 9.59 Å². The molecule has 8 nitrogen and oxygen atoms in total. The number of benzene rings is 1. The van der Waals surface area contributed by atoms with Gasteiger partial charge in [0.25, 0.3) is 5.91 Å². The lowest BCUT2D eigenvalue weighted by molar-refractivity contribution is -0.130. The van der Waals surface area contributed by atoms with E-state index in [0.717, 1.165) is 0 Å². The zero-order chi connectivity index (χ0) is 20.0. The molecule has 1 aliphatic rings. The summed E-state index contributed by atoms with van der Waals surface area (Å²) in [6.07, 6.45) is -0.0145. The van der Waals surface area contributed by atoms with Crippen molar-refractivity contribution in [1.82, 2.24) is 15.1 Å². The molecule has 0 radical (unpaired) electrons. The van der Waals surface area contributed by atoms with Gasteiger partial charge in [0.15, 0.2) is 0 Å². The van der Waals surface area contributed by atoms with Gasteiger partial charge in [-0.1, -0.05) is 12.1 Å². The standard InChI is InChI=1S/C19H27N3O5/c1-19(2,3)27-18(26)20-13-16(24)21-9-6-10-22(12-11-21)17(25)14-7-4-5-8-15(14)23/h4-5,7-8,23H,6,9-13H2,1-3H3,(H,20,26). The molecule has 0 aliphatic carbocycles. The van der Waals surface area contributed by atoms with Gasteiger partial charge in [0.05, 0.1) is 5.56 Å². The Morgan fingerprint density at radius 3 is 2.37 bits per heavy atom. The number of aromatic hydroxyl groups is 1. The number of rotatable bonds is 3. The second-order valence-corrected chi connectivity index (χ2v) is 7.40. The van der Waals surface area contributed by atoms with Crippen molar-refractivity contribution in [3.8, 4) is 5.75 Å². The van der Waals surface area contributed by atoms with Crippen LogP contribution >= 0.6 is 0 Å². The number of carbonyl (C=O) groups is 3. The zero-order valence-electron chi connectivity index (χ0n) is 16.0. The minimum atomic E-state index is -0.637. The molecular weight excluding hydrogens is 350 g/mol. The van der Waals surface area contributed by atoms with Crippen molar-refractivity contribution in [3.63, 3.8) is 0 Å². The molecular formula is C19H27N3O5. The minimum absolute atomic E-state index is 0.0544. The Labute approximate surface area is 159 Å². The SMILES string of the molecule is CC(C)(C)OC(=O)NCC(=O)N1CCCN(C(=O)c2ccccc2O)CC1. The number of hydrogen-bond acceptors (Lipinski definition) is 5. The number of alkyl carbamates (subject to hydrolysis) is 1. The molecule has 1 aromatic rings. The summed E-state index contributed by atoms with van der Waals surface area (Å²) >= 11 is 0. The van der Waals surface area contributed by atoms with Crippen LogP contribution in [0.25, 0.3) is 0 Å². The monoisotopic (exact) mass is 377 g/mol. The molecule has 2 rings (SSSR count). The molecule has 148 valence electrons. The molecule has 0 bridgehead atoms. The molecule has 1 heterocycles. The first-order valence-electron chi connectivity index (χ1n) is 8.99. The molecule has 8 heteroatoms. The average molecular weight is 377 g/mol. The number of carbonyl (C=O) groups excluding carboxylic acids is 3. The summed E-state index contributed by atoms with van der Waals surface area (Å²) < 4.78 is 5.11. The molecule has 0 atom stereocenters. The number of phenolic OH excluding ortho intramolecular Hbond substituents is 1. The van der Waals surface area contributed by atoms with Gasteiger partial charge in [-0.25, -0.2) is 4.79 Å². The summed E-state index contributed by atoms with van der Waals surface area (Å²) in [6, 6.07) is 6.41. The quantitative estimate of drug-likeness (QED) is 0.833. The molecule has 1 saturated heterocycles. The number of para-hydroxylation sites is 1. The molecule has 0 saturated carbocycles. The van der Waals surface area contributed by atoms with E-state index in [1.165, 1.54) is 6.07 Å². The molecule has 0 aromatic heterocycles. The van der Waals surface area contributed by atoms with Crippen LogP contribution in [0.4, 0.5) is 4.79 Å². The Balaban J connectivity index is 1.87. The van der Waals surface area contributed by atoms with Gasteiger partial charge in [0.1, 0.15) is 17.9 Å². The van der Waals surface area contributed by atoms with Crippen molar-refractivity contribution >= 4 is 17.9 Å². The van der Waals surface area contributed by atoms with Crippen molar-refractivity contribution in [2.75, 3.05) is 32.7 Å². The Bertz CT molecular complexity index is 699. The van der Waals surface area contributed by atoms with E-state index in [4.69, 9.17) is 4.74 Å². The zero-order valence-corrected chi connectivity index (χ0v) is 16.0. The highest BCUT2D eigenvalue weighted by molar-refractivity contribution is 5.96. The van der Waals surface area contributed by atoms with Crippen LogP contribution in [0.2, 0.25) is 0 Å². The highest BCUT2D eigenvalue weighted by Gasteiger charge is 2.24. The van der Waals surface area contributed by atoms with E-state index < -0.39 is 11.7 Å². The molecule has 1 aliphatic heterocycles. The summed E-state index contributed by atoms with van der Waals surface area (Å²) in [5.74, 6) is -0.534. The maximum Gasteiger partial charge on any atom is 0.408 e. The van der Waals surface area contributed by atoms with Crippen molar-refractivity contribution in [2.24, 2.45) is 0 Å². The van der Waals surface area contributed by atoms with Crippen LogP contribution in [0, 0.1) is 0 Å². The maximum absolute atomic E-state index is 12.6. The van der Waals surface area contributed by atoms with Crippen LogP contribution in [0.1, 0.15) is 37.6 Å². The van der Waals surface area contributed by atoms with E-state index in [1.54, 1.807) is 48.8 Å². The third-order valence-electron chi connectivity index (χ3n) is 4.05. The molecule has 2 N–H and O–H groups in total. The summed E-state index contributed by atoms with van der Waals surface area (Å²) in [5.41, 5.74) is -0.372. The summed E-state index contributed by atoms with van der Waals surface area (Å²) in [7, 11) is 0. The van der Waals surface area contributed by atoms with E-state index in [-0.39, 0.29) is 29.7 Å². The fourth-order valence-corrected chi connectivity index (χ4v) is 2.77. The van der Waals surface area contributed by atoms with E-state index >= 15 is 0 Å². The number of amides is 3. The Morgan fingerprint density at radius 2 is 1.70 bits per heavy atom. The van der Waals surface area contributed by atoms with Gasteiger partial charge in [-0.15, -0.1) is 0 Å². The number of hydrogen-bond donors (Lipinski definition) is 2. The summed E-state index contributed by atoms with van der Waals surface area (Å²) in [6.45, 7) is 6.83. The second kappa shape index (κ2) is 8.75.